The number of rotatable bonds is 22. The standard InChI is InChI=1S/C39H50F4N2O21/c1-16(46)57-14-23-31(59-18(3)48)33(60-19(4)49)36(63-22(7)52)39(65-23)66-32-24(15-58-17(2)47)64-38(35(62-21(6)51)34(32)61-20(5)50)56-13-12-55-11-10-54-9-8-45-37(53)25-26(40)28(42)30(44)29(43)27(25)41/h23-24,31-36,38-39H,8-15,44H2,1-7H3,(H,45,53)/t23?,24?,31-,32+,33?,34?,35?,36?,38+,39-/m0/s1. The number of esters is 7. The van der Waals surface area contributed by atoms with Crippen molar-refractivity contribution in [2.75, 3.05) is 58.5 Å². The van der Waals surface area contributed by atoms with Crippen molar-refractivity contribution in [1.29, 1.82) is 0 Å². The van der Waals surface area contributed by atoms with E-state index < -0.39 is 157 Å². The summed E-state index contributed by atoms with van der Waals surface area (Å²) >= 11 is 0. The fraction of sp³-hybridized carbons (Fsp3) is 0.641. The number of benzene rings is 1. The monoisotopic (exact) mass is 958 g/mol. The third-order valence-corrected chi connectivity index (χ3v) is 8.82. The van der Waals surface area contributed by atoms with Gasteiger partial charge < -0.3 is 72.6 Å². The zero-order valence-corrected chi connectivity index (χ0v) is 36.6. The first-order valence-electron chi connectivity index (χ1n) is 19.8. The molecule has 6 unspecified atom stereocenters. The molecule has 0 aliphatic carbocycles. The minimum Gasteiger partial charge on any atom is -0.463 e. The van der Waals surface area contributed by atoms with Gasteiger partial charge in [0, 0.05) is 55.0 Å². The van der Waals surface area contributed by atoms with Gasteiger partial charge in [0.2, 0.25) is 0 Å². The summed E-state index contributed by atoms with van der Waals surface area (Å²) in [7, 11) is 0. The first-order chi connectivity index (χ1) is 31.0. The second-order valence-electron chi connectivity index (χ2n) is 14.1. The van der Waals surface area contributed by atoms with Gasteiger partial charge in [0.15, 0.2) is 66.4 Å². The van der Waals surface area contributed by atoms with E-state index in [1.54, 1.807) is 0 Å². The molecule has 2 fully saturated rings. The lowest BCUT2D eigenvalue weighted by molar-refractivity contribution is -0.361. The number of ether oxygens (including phenoxy) is 13. The summed E-state index contributed by atoms with van der Waals surface area (Å²) < 4.78 is 128. The van der Waals surface area contributed by atoms with Gasteiger partial charge in [-0.15, -0.1) is 0 Å². The number of amides is 1. The van der Waals surface area contributed by atoms with Crippen molar-refractivity contribution in [1.82, 2.24) is 5.32 Å². The van der Waals surface area contributed by atoms with Gasteiger partial charge in [0.1, 0.15) is 42.8 Å². The highest BCUT2D eigenvalue weighted by molar-refractivity contribution is 5.95. The van der Waals surface area contributed by atoms with Crippen LogP contribution >= 0.6 is 0 Å². The first-order valence-corrected chi connectivity index (χ1v) is 19.8. The fourth-order valence-electron chi connectivity index (χ4n) is 6.32. The van der Waals surface area contributed by atoms with Crippen LogP contribution in [0.15, 0.2) is 0 Å². The van der Waals surface area contributed by atoms with Gasteiger partial charge in [0.05, 0.1) is 33.0 Å². The fourth-order valence-corrected chi connectivity index (χ4v) is 6.32. The van der Waals surface area contributed by atoms with Crippen LogP contribution in [-0.2, 0) is 95.1 Å². The molecule has 0 aromatic heterocycles. The Labute approximate surface area is 373 Å². The van der Waals surface area contributed by atoms with Crippen LogP contribution in [0.2, 0.25) is 0 Å². The molecule has 3 rings (SSSR count). The number of hydrogen-bond acceptors (Lipinski definition) is 22. The van der Waals surface area contributed by atoms with Crippen LogP contribution in [0.25, 0.3) is 0 Å². The lowest BCUT2D eigenvalue weighted by Gasteiger charge is -2.48. The van der Waals surface area contributed by atoms with Crippen LogP contribution in [0.5, 0.6) is 0 Å². The Morgan fingerprint density at radius 1 is 0.500 bits per heavy atom. The van der Waals surface area contributed by atoms with E-state index in [1.165, 1.54) is 0 Å². The summed E-state index contributed by atoms with van der Waals surface area (Å²) in [6.45, 7) is 4.50. The molecule has 370 valence electrons. The van der Waals surface area contributed by atoms with E-state index in [0.717, 1.165) is 48.5 Å². The SMILES string of the molecule is CC(=O)OCC1O[C@@H](OCCOCCOCCNC(=O)c2c(F)c(F)c(N)c(F)c2F)C(OC(C)=O)C(OC(C)=O)[C@@H]1O[C@@H]1OC(COC(C)=O)[C@H](OC(C)=O)C(OC(C)=O)C1OC(C)=O. The number of nitrogens with two attached hydrogens (primary N) is 1. The highest BCUT2D eigenvalue weighted by Gasteiger charge is 2.57. The number of halogens is 4. The number of carbonyl (C=O) groups excluding carboxylic acids is 8. The third kappa shape index (κ3) is 16.0. The van der Waals surface area contributed by atoms with Crippen molar-refractivity contribution in [2.45, 2.75) is 110 Å². The Kier molecular flexibility index (Phi) is 21.4. The molecule has 2 saturated heterocycles. The molecule has 27 heteroatoms. The third-order valence-electron chi connectivity index (χ3n) is 8.82. The van der Waals surface area contributed by atoms with Crippen molar-refractivity contribution in [3.8, 4) is 0 Å². The van der Waals surface area contributed by atoms with E-state index in [2.05, 4.69) is 0 Å². The molecule has 0 saturated carbocycles. The van der Waals surface area contributed by atoms with Crippen molar-refractivity contribution < 1.29 is 117 Å². The summed E-state index contributed by atoms with van der Waals surface area (Å²) in [5, 5.41) is 2.04. The maximum absolute atomic E-state index is 14.1. The van der Waals surface area contributed by atoms with E-state index in [4.69, 9.17) is 67.3 Å². The van der Waals surface area contributed by atoms with Gasteiger partial charge in [-0.05, 0) is 0 Å². The molecule has 1 aromatic carbocycles. The highest BCUT2D eigenvalue weighted by atomic mass is 19.2. The second kappa shape index (κ2) is 25.8. The Hall–Kier alpha value is -5.74. The van der Waals surface area contributed by atoms with Gasteiger partial charge in [-0.25, -0.2) is 17.6 Å². The Morgan fingerprint density at radius 3 is 1.38 bits per heavy atom. The summed E-state index contributed by atoms with van der Waals surface area (Å²) in [5.74, 6) is -15.6. The van der Waals surface area contributed by atoms with Crippen LogP contribution in [0, 0.1) is 23.3 Å². The lowest BCUT2D eigenvalue weighted by Crippen LogP contribution is -2.67. The van der Waals surface area contributed by atoms with Crippen LogP contribution < -0.4 is 11.1 Å². The molecule has 2 aliphatic rings. The quantitative estimate of drug-likeness (QED) is 0.0392. The maximum Gasteiger partial charge on any atom is 0.303 e. The minimum absolute atomic E-state index is 0.106. The topological polar surface area (TPSA) is 295 Å². The van der Waals surface area contributed by atoms with Crippen molar-refractivity contribution in [3.63, 3.8) is 0 Å². The molecule has 0 bridgehead atoms. The van der Waals surface area contributed by atoms with Gasteiger partial charge in [-0.1, -0.05) is 0 Å². The largest absolute Gasteiger partial charge is 0.463 e. The number of anilines is 1. The Morgan fingerprint density at radius 2 is 0.894 bits per heavy atom. The van der Waals surface area contributed by atoms with Crippen molar-refractivity contribution in [3.05, 3.63) is 28.8 Å². The van der Waals surface area contributed by atoms with E-state index >= 15 is 0 Å². The smallest absolute Gasteiger partial charge is 0.303 e. The lowest BCUT2D eigenvalue weighted by atomic mass is 9.96. The summed E-state index contributed by atoms with van der Waals surface area (Å²) in [5.41, 5.74) is 2.01. The van der Waals surface area contributed by atoms with E-state index in [9.17, 15) is 55.9 Å². The number of carbonyl (C=O) groups is 8. The van der Waals surface area contributed by atoms with Gasteiger partial charge in [-0.2, -0.15) is 0 Å². The normalized spacial score (nSPS) is 24.8. The molecule has 0 radical (unpaired) electrons. The van der Waals surface area contributed by atoms with Crippen LogP contribution in [0.4, 0.5) is 23.2 Å². The van der Waals surface area contributed by atoms with Crippen molar-refractivity contribution >= 4 is 53.4 Å². The van der Waals surface area contributed by atoms with E-state index in [-0.39, 0.29) is 39.6 Å². The molecule has 2 aliphatic heterocycles. The Bertz CT molecular complexity index is 1900. The van der Waals surface area contributed by atoms with E-state index in [0.29, 0.717) is 0 Å². The zero-order chi connectivity index (χ0) is 49.4. The van der Waals surface area contributed by atoms with E-state index in [1.807, 2.05) is 5.32 Å². The van der Waals surface area contributed by atoms with Crippen molar-refractivity contribution in [2.24, 2.45) is 0 Å². The van der Waals surface area contributed by atoms with Gasteiger partial charge >= 0.3 is 41.8 Å². The van der Waals surface area contributed by atoms with Crippen LogP contribution in [0.1, 0.15) is 58.8 Å². The average Bonchev–Trinajstić information content (AvgIpc) is 3.21. The van der Waals surface area contributed by atoms with Crippen LogP contribution in [-0.4, -0.2) is 162 Å². The number of nitrogens with one attached hydrogen (secondary N) is 1. The molecule has 1 amide bonds. The maximum atomic E-state index is 14.1. The molecular formula is C39H50F4N2O21. The summed E-state index contributed by atoms with van der Waals surface area (Å²) in [4.78, 5) is 98.2. The zero-order valence-electron chi connectivity index (χ0n) is 36.6. The van der Waals surface area contributed by atoms with Gasteiger partial charge in [-0.3, -0.25) is 38.4 Å². The number of nitrogen functional groups attached to an aromatic ring is 1. The first kappa shape index (κ1) is 54.6. The van der Waals surface area contributed by atoms with Gasteiger partial charge in [0.25, 0.3) is 5.91 Å². The molecule has 1 aromatic rings. The highest BCUT2D eigenvalue weighted by Crippen LogP contribution is 2.36. The Balaban J connectivity index is 1.79. The minimum atomic E-state index is -1.98. The molecule has 66 heavy (non-hydrogen) atoms. The number of hydrogen-bond donors (Lipinski definition) is 2. The molecular weight excluding hydrogens is 908 g/mol. The second-order valence-corrected chi connectivity index (χ2v) is 14.1. The summed E-state index contributed by atoms with van der Waals surface area (Å²) in [6.07, 6.45) is -16.6. The van der Waals surface area contributed by atoms with Crippen LogP contribution in [0.3, 0.4) is 0 Å². The predicted octanol–water partition coefficient (Wildman–Crippen LogP) is 0.225. The predicted molar refractivity (Wildman–Crippen MR) is 204 cm³/mol. The molecule has 2 heterocycles. The summed E-state index contributed by atoms with van der Waals surface area (Å²) in [6, 6.07) is 0. The average molecular weight is 959 g/mol. The molecule has 0 spiro atoms. The molecule has 10 atom stereocenters. The molecule has 3 N–H and O–H groups in total. The molecule has 23 nitrogen and oxygen atoms in total.